The van der Waals surface area contributed by atoms with Crippen molar-refractivity contribution in [2.24, 2.45) is 16.4 Å². The van der Waals surface area contributed by atoms with Gasteiger partial charge in [0.25, 0.3) is 0 Å². The molecule has 1 aliphatic carbocycles. The number of nitrogens with zero attached hydrogens (tertiary/aromatic N) is 4. The van der Waals surface area contributed by atoms with Gasteiger partial charge in [-0.15, -0.1) is 12.4 Å². The van der Waals surface area contributed by atoms with Crippen molar-refractivity contribution in [1.29, 1.82) is 0 Å². The van der Waals surface area contributed by atoms with Gasteiger partial charge < -0.3 is 10.2 Å². The number of carbonyl (C=O) groups is 3. The molecule has 2 aliphatic heterocycles. The third kappa shape index (κ3) is 7.10. The molecule has 220 valence electrons. The number of hydrogen-bond donors (Lipinski definition) is 1. The van der Waals surface area contributed by atoms with Crippen LogP contribution in [0.3, 0.4) is 0 Å². The molecule has 1 saturated heterocycles. The molecule has 0 spiro atoms. The van der Waals surface area contributed by atoms with Crippen molar-refractivity contribution in [3.63, 3.8) is 0 Å². The predicted octanol–water partition coefficient (Wildman–Crippen LogP) is 6.49. The van der Waals surface area contributed by atoms with E-state index in [4.69, 9.17) is 5.10 Å². The second-order valence-electron chi connectivity index (χ2n) is 12.2. The molecule has 41 heavy (non-hydrogen) atoms. The maximum atomic E-state index is 14.0. The standard InChI is InChI=1S/C32H41N5O3.ClH/c1-32(2,3)28(38)21-36-27-17-8-7-16-26(27)30(23-12-5-4-6-13-23)34-37(31(36)40)22-29(39)33-24-14-11-15-25(20-24)35-18-9-10-19-35;/h7-8,11,14-17,20,23H,4-6,9-10,12-13,18-19,21-22H2,1-3H3,(H,33,39);1H. The maximum Gasteiger partial charge on any atom is 0.345 e. The zero-order valence-corrected chi connectivity index (χ0v) is 25.2. The molecular formula is C32H42ClN5O3. The molecule has 3 amide bonds. The van der Waals surface area contributed by atoms with Gasteiger partial charge in [0.2, 0.25) is 5.91 Å². The number of carbonyl (C=O) groups excluding carboxylic acids is 3. The van der Waals surface area contributed by atoms with Gasteiger partial charge in [-0.3, -0.25) is 14.5 Å². The molecule has 9 heteroatoms. The highest BCUT2D eigenvalue weighted by Gasteiger charge is 2.36. The molecule has 8 nitrogen and oxygen atoms in total. The Bertz CT molecular complexity index is 1290. The van der Waals surface area contributed by atoms with E-state index in [0.717, 1.165) is 55.7 Å². The number of hydrogen-bond acceptors (Lipinski definition) is 5. The van der Waals surface area contributed by atoms with Gasteiger partial charge in [-0.25, -0.2) is 9.80 Å². The number of hydrazone groups is 1. The second-order valence-corrected chi connectivity index (χ2v) is 12.2. The molecule has 1 N–H and O–H groups in total. The van der Waals surface area contributed by atoms with Crippen LogP contribution in [0.2, 0.25) is 0 Å². The molecule has 0 radical (unpaired) electrons. The Labute approximate surface area is 249 Å². The van der Waals surface area contributed by atoms with Gasteiger partial charge >= 0.3 is 6.03 Å². The lowest BCUT2D eigenvalue weighted by Crippen LogP contribution is -2.47. The molecule has 2 aromatic rings. The highest BCUT2D eigenvalue weighted by molar-refractivity contribution is 6.13. The van der Waals surface area contributed by atoms with Gasteiger partial charge in [0.05, 0.1) is 17.9 Å². The molecule has 2 aromatic carbocycles. The first-order valence-electron chi connectivity index (χ1n) is 14.7. The number of fused-ring (bicyclic) bond motifs is 1. The van der Waals surface area contributed by atoms with Crippen molar-refractivity contribution in [3.8, 4) is 0 Å². The van der Waals surface area contributed by atoms with Crippen LogP contribution in [0.5, 0.6) is 0 Å². The minimum Gasteiger partial charge on any atom is -0.371 e. The minimum atomic E-state index is -0.614. The molecule has 0 unspecified atom stereocenters. The zero-order chi connectivity index (χ0) is 28.3. The summed E-state index contributed by atoms with van der Waals surface area (Å²) in [6.45, 7) is 7.28. The van der Waals surface area contributed by atoms with Crippen LogP contribution >= 0.6 is 12.4 Å². The van der Waals surface area contributed by atoms with Crippen molar-refractivity contribution in [2.45, 2.75) is 65.7 Å². The Hall–Kier alpha value is -3.39. The van der Waals surface area contributed by atoms with Gasteiger partial charge in [0.1, 0.15) is 6.54 Å². The molecule has 2 heterocycles. The highest BCUT2D eigenvalue weighted by Crippen LogP contribution is 2.34. The van der Waals surface area contributed by atoms with Crippen molar-refractivity contribution in [2.75, 3.05) is 41.3 Å². The van der Waals surface area contributed by atoms with Gasteiger partial charge in [0, 0.05) is 41.4 Å². The number of Topliss-reactive ketones (excluding diaryl/α,β-unsaturated/α-hetero) is 1. The summed E-state index contributed by atoms with van der Waals surface area (Å²) in [6.07, 6.45) is 7.74. The molecule has 3 aliphatic rings. The quantitative estimate of drug-likeness (QED) is 0.406. The molecule has 5 rings (SSSR count). The number of halogens is 1. The van der Waals surface area contributed by atoms with E-state index in [1.165, 1.54) is 29.2 Å². The Kier molecular flexibility index (Phi) is 9.74. The van der Waals surface area contributed by atoms with Crippen LogP contribution in [-0.4, -0.2) is 54.6 Å². The first-order valence-corrected chi connectivity index (χ1v) is 14.7. The van der Waals surface area contributed by atoms with Crippen LogP contribution in [-0.2, 0) is 9.59 Å². The van der Waals surface area contributed by atoms with Gasteiger partial charge in [-0.2, -0.15) is 5.10 Å². The minimum absolute atomic E-state index is 0. The number of rotatable bonds is 7. The normalized spacial score (nSPS) is 17.9. The Balaban J connectivity index is 0.00000387. The van der Waals surface area contributed by atoms with E-state index < -0.39 is 11.4 Å². The van der Waals surface area contributed by atoms with Gasteiger partial charge in [-0.1, -0.05) is 64.3 Å². The van der Waals surface area contributed by atoms with E-state index in [0.29, 0.717) is 11.4 Å². The van der Waals surface area contributed by atoms with Crippen LogP contribution in [0.4, 0.5) is 21.9 Å². The number of nitrogens with one attached hydrogen (secondary N) is 1. The van der Waals surface area contributed by atoms with E-state index in [1.54, 1.807) is 0 Å². The lowest BCUT2D eigenvalue weighted by atomic mass is 9.83. The van der Waals surface area contributed by atoms with Crippen LogP contribution < -0.4 is 15.1 Å². The number of ketones is 1. The number of benzene rings is 2. The summed E-state index contributed by atoms with van der Waals surface area (Å²) in [6, 6.07) is 15.1. The van der Waals surface area contributed by atoms with E-state index >= 15 is 0 Å². The lowest BCUT2D eigenvalue weighted by Gasteiger charge is -2.28. The summed E-state index contributed by atoms with van der Waals surface area (Å²) in [5, 5.41) is 9.12. The first-order chi connectivity index (χ1) is 19.2. The monoisotopic (exact) mass is 579 g/mol. The fourth-order valence-corrected chi connectivity index (χ4v) is 5.80. The fourth-order valence-electron chi connectivity index (χ4n) is 5.80. The SMILES string of the molecule is CC(C)(C)C(=O)CN1C(=O)N(CC(=O)Nc2cccc(N3CCCC3)c2)N=C(C2CCCCC2)c2ccccc21.Cl. The summed E-state index contributed by atoms with van der Waals surface area (Å²) in [5.74, 6) is -0.185. The smallest absolute Gasteiger partial charge is 0.345 e. The maximum absolute atomic E-state index is 14.0. The molecule has 0 aromatic heterocycles. The summed E-state index contributed by atoms with van der Waals surface area (Å²) in [4.78, 5) is 44.3. The number of urea groups is 1. The van der Waals surface area contributed by atoms with Crippen molar-refractivity contribution in [1.82, 2.24) is 5.01 Å². The lowest BCUT2D eigenvalue weighted by molar-refractivity contribution is -0.124. The number of amides is 3. The first kappa shape index (κ1) is 30.6. The van der Waals surface area contributed by atoms with E-state index in [-0.39, 0.29) is 43.1 Å². The van der Waals surface area contributed by atoms with Crippen molar-refractivity contribution >= 4 is 52.9 Å². The van der Waals surface area contributed by atoms with E-state index in [1.807, 2.05) is 63.2 Å². The van der Waals surface area contributed by atoms with Crippen LogP contribution in [0.15, 0.2) is 53.6 Å². The van der Waals surface area contributed by atoms with Crippen LogP contribution in [0, 0.1) is 11.3 Å². The highest BCUT2D eigenvalue weighted by atomic mass is 35.5. The molecule has 1 saturated carbocycles. The van der Waals surface area contributed by atoms with E-state index in [9.17, 15) is 14.4 Å². The molecule has 0 atom stereocenters. The Morgan fingerprint density at radius 1 is 0.927 bits per heavy atom. The third-order valence-corrected chi connectivity index (χ3v) is 8.18. The average Bonchev–Trinajstić information content (AvgIpc) is 3.46. The predicted molar refractivity (Wildman–Crippen MR) is 167 cm³/mol. The van der Waals surface area contributed by atoms with Crippen LogP contribution in [0.25, 0.3) is 0 Å². The summed E-state index contributed by atoms with van der Waals surface area (Å²) in [5.41, 5.74) is 3.54. The number of para-hydroxylation sites is 1. The topological polar surface area (TPSA) is 85.3 Å². The third-order valence-electron chi connectivity index (χ3n) is 8.18. The van der Waals surface area contributed by atoms with Crippen molar-refractivity contribution in [3.05, 3.63) is 54.1 Å². The molecule has 0 bridgehead atoms. The zero-order valence-electron chi connectivity index (χ0n) is 24.4. The summed E-state index contributed by atoms with van der Waals surface area (Å²) < 4.78 is 0. The molecular weight excluding hydrogens is 538 g/mol. The van der Waals surface area contributed by atoms with Gasteiger partial charge in [0.15, 0.2) is 5.78 Å². The van der Waals surface area contributed by atoms with Gasteiger partial charge in [-0.05, 0) is 49.9 Å². The number of anilines is 3. The summed E-state index contributed by atoms with van der Waals surface area (Å²) in [7, 11) is 0. The largest absolute Gasteiger partial charge is 0.371 e. The Morgan fingerprint density at radius 2 is 1.63 bits per heavy atom. The fraction of sp³-hybridized carbons (Fsp3) is 0.500. The molecule has 2 fully saturated rings. The van der Waals surface area contributed by atoms with Crippen LogP contribution in [0.1, 0.15) is 71.3 Å². The Morgan fingerprint density at radius 3 is 2.34 bits per heavy atom. The average molecular weight is 580 g/mol. The second kappa shape index (κ2) is 13.1. The van der Waals surface area contributed by atoms with Crippen molar-refractivity contribution < 1.29 is 14.4 Å². The van der Waals surface area contributed by atoms with E-state index in [2.05, 4.69) is 16.3 Å². The summed E-state index contributed by atoms with van der Waals surface area (Å²) >= 11 is 0.